The Balaban J connectivity index is 1.82. The number of nitrogens with one attached hydrogen (secondary N) is 1. The molecule has 1 aliphatic rings. The summed E-state index contributed by atoms with van der Waals surface area (Å²) in [6, 6.07) is 6.95. The first kappa shape index (κ1) is 16.4. The lowest BCUT2D eigenvalue weighted by atomic mass is 9.96. The zero-order valence-corrected chi connectivity index (χ0v) is 13.0. The Hall–Kier alpha value is -1.00. The molecule has 1 atom stereocenters. The van der Waals surface area contributed by atoms with Gasteiger partial charge in [0.2, 0.25) is 0 Å². The third kappa shape index (κ3) is 5.04. The quantitative estimate of drug-likeness (QED) is 0.863. The van der Waals surface area contributed by atoms with E-state index in [0.717, 1.165) is 31.7 Å². The average molecular weight is 296 g/mol. The summed E-state index contributed by atoms with van der Waals surface area (Å²) in [7, 11) is 0. The molecule has 0 aliphatic carbocycles. The molecule has 0 radical (unpaired) electrons. The molecule has 118 valence electrons. The van der Waals surface area contributed by atoms with Gasteiger partial charge >= 0.3 is 0 Å². The zero-order chi connectivity index (χ0) is 15.2. The Bertz CT molecular complexity index is 411. The molecule has 1 saturated heterocycles. The maximum absolute atomic E-state index is 13.1. The summed E-state index contributed by atoms with van der Waals surface area (Å²) in [6.45, 7) is 7.84. The van der Waals surface area contributed by atoms with Crippen LogP contribution in [0.1, 0.15) is 38.3 Å². The molecule has 1 aliphatic heterocycles. The number of benzene rings is 1. The number of piperidine rings is 1. The van der Waals surface area contributed by atoms with Gasteiger partial charge in [-0.1, -0.05) is 26.0 Å². The number of nitrogens with zero attached hydrogens (tertiary/aromatic N) is 1. The van der Waals surface area contributed by atoms with Crippen molar-refractivity contribution in [3.8, 4) is 0 Å². The van der Waals surface area contributed by atoms with Gasteiger partial charge in [0.15, 0.2) is 0 Å². The number of hydrogen-bond acceptors (Lipinski definition) is 2. The van der Waals surface area contributed by atoms with E-state index in [1.807, 2.05) is 12.1 Å². The Labute approximate surface area is 126 Å². The van der Waals surface area contributed by atoms with Crippen molar-refractivity contribution < 1.29 is 8.78 Å². The van der Waals surface area contributed by atoms with Gasteiger partial charge in [-0.3, -0.25) is 0 Å². The number of alkyl halides is 1. The van der Waals surface area contributed by atoms with Gasteiger partial charge in [0, 0.05) is 32.2 Å². The maximum Gasteiger partial charge on any atom is 0.123 e. The van der Waals surface area contributed by atoms with Crippen LogP contribution >= 0.6 is 0 Å². The van der Waals surface area contributed by atoms with Gasteiger partial charge in [-0.15, -0.1) is 0 Å². The van der Waals surface area contributed by atoms with Crippen molar-refractivity contribution in [1.29, 1.82) is 0 Å². The fourth-order valence-electron chi connectivity index (χ4n) is 2.91. The topological polar surface area (TPSA) is 15.3 Å². The summed E-state index contributed by atoms with van der Waals surface area (Å²) in [5.74, 6) is 0.238. The van der Waals surface area contributed by atoms with Crippen molar-refractivity contribution in [2.75, 3.05) is 26.2 Å². The van der Waals surface area contributed by atoms with E-state index in [9.17, 15) is 8.78 Å². The van der Waals surface area contributed by atoms with Crippen molar-refractivity contribution in [1.82, 2.24) is 10.2 Å². The SMILES string of the molecule is CC(C)[C@H](NCCN1CCC(F)CC1)c1ccc(F)cc1. The molecule has 1 aromatic rings. The molecule has 2 rings (SSSR count). The number of likely N-dealkylation sites (tertiary alicyclic amines) is 1. The minimum atomic E-state index is -0.614. The average Bonchev–Trinajstić information content (AvgIpc) is 2.46. The van der Waals surface area contributed by atoms with Gasteiger partial charge in [0.25, 0.3) is 0 Å². The molecule has 4 heteroatoms. The standard InChI is InChI=1S/C17H26F2N2/c1-13(2)17(14-3-5-15(18)6-4-14)20-9-12-21-10-7-16(19)8-11-21/h3-6,13,16-17,20H,7-12H2,1-2H3/t17-/m0/s1. The Morgan fingerprint density at radius 1 is 1.19 bits per heavy atom. The fraction of sp³-hybridized carbons (Fsp3) is 0.647. The van der Waals surface area contributed by atoms with E-state index in [0.29, 0.717) is 18.8 Å². The van der Waals surface area contributed by atoms with Crippen molar-refractivity contribution in [2.45, 2.75) is 38.9 Å². The Morgan fingerprint density at radius 3 is 2.38 bits per heavy atom. The predicted molar refractivity (Wildman–Crippen MR) is 82.6 cm³/mol. The van der Waals surface area contributed by atoms with Crippen LogP contribution in [0.3, 0.4) is 0 Å². The molecular formula is C17H26F2N2. The van der Waals surface area contributed by atoms with Crippen LogP contribution in [0, 0.1) is 11.7 Å². The molecule has 0 bridgehead atoms. The van der Waals surface area contributed by atoms with Crippen LogP contribution in [0.2, 0.25) is 0 Å². The summed E-state index contributed by atoms with van der Waals surface area (Å²) in [5.41, 5.74) is 1.12. The molecule has 1 fully saturated rings. The normalized spacial score (nSPS) is 19.1. The van der Waals surface area contributed by atoms with Crippen LogP contribution in [0.5, 0.6) is 0 Å². The van der Waals surface area contributed by atoms with Crippen LogP contribution in [-0.4, -0.2) is 37.3 Å². The van der Waals surface area contributed by atoms with E-state index in [2.05, 4.69) is 24.1 Å². The maximum atomic E-state index is 13.1. The van der Waals surface area contributed by atoms with Crippen LogP contribution in [0.15, 0.2) is 24.3 Å². The number of hydrogen-bond donors (Lipinski definition) is 1. The van der Waals surface area contributed by atoms with E-state index >= 15 is 0 Å². The predicted octanol–water partition coefficient (Wildman–Crippen LogP) is 3.55. The minimum absolute atomic E-state index is 0.199. The van der Waals surface area contributed by atoms with Gasteiger partial charge in [0.05, 0.1) is 0 Å². The summed E-state index contributed by atoms with van der Waals surface area (Å²) >= 11 is 0. The summed E-state index contributed by atoms with van der Waals surface area (Å²) in [5, 5.41) is 3.56. The van der Waals surface area contributed by atoms with Gasteiger partial charge in [0.1, 0.15) is 12.0 Å². The van der Waals surface area contributed by atoms with Gasteiger partial charge < -0.3 is 10.2 Å². The monoisotopic (exact) mass is 296 g/mol. The largest absolute Gasteiger partial charge is 0.308 e. The van der Waals surface area contributed by atoms with Crippen LogP contribution < -0.4 is 5.32 Å². The summed E-state index contributed by atoms with van der Waals surface area (Å²) in [6.07, 6.45) is 0.703. The lowest BCUT2D eigenvalue weighted by Gasteiger charge is -2.30. The van der Waals surface area contributed by atoms with Gasteiger partial charge in [-0.25, -0.2) is 8.78 Å². The molecule has 0 spiro atoms. The highest BCUT2D eigenvalue weighted by Gasteiger charge is 2.19. The highest BCUT2D eigenvalue weighted by molar-refractivity contribution is 5.20. The second kappa shape index (κ2) is 7.85. The first-order valence-electron chi connectivity index (χ1n) is 7.91. The molecule has 1 aromatic carbocycles. The van der Waals surface area contributed by atoms with E-state index in [4.69, 9.17) is 0 Å². The van der Waals surface area contributed by atoms with Crippen molar-refractivity contribution in [3.05, 3.63) is 35.6 Å². The van der Waals surface area contributed by atoms with E-state index in [1.165, 1.54) is 12.1 Å². The number of halogens is 2. The summed E-state index contributed by atoms with van der Waals surface area (Å²) in [4.78, 5) is 2.31. The molecular weight excluding hydrogens is 270 g/mol. The van der Waals surface area contributed by atoms with Crippen molar-refractivity contribution in [2.24, 2.45) is 5.92 Å². The first-order valence-corrected chi connectivity index (χ1v) is 7.91. The molecule has 1 N–H and O–H groups in total. The highest BCUT2D eigenvalue weighted by atomic mass is 19.1. The molecule has 0 saturated carbocycles. The van der Waals surface area contributed by atoms with Gasteiger partial charge in [-0.05, 0) is 36.5 Å². The molecule has 0 amide bonds. The Morgan fingerprint density at radius 2 is 1.81 bits per heavy atom. The molecule has 2 nitrogen and oxygen atoms in total. The highest BCUT2D eigenvalue weighted by Crippen LogP contribution is 2.21. The second-order valence-electron chi connectivity index (χ2n) is 6.24. The zero-order valence-electron chi connectivity index (χ0n) is 13.0. The molecule has 0 aromatic heterocycles. The van der Waals surface area contributed by atoms with E-state index in [1.54, 1.807) is 0 Å². The van der Waals surface area contributed by atoms with Crippen LogP contribution in [0.4, 0.5) is 8.78 Å². The van der Waals surface area contributed by atoms with Crippen LogP contribution in [0.25, 0.3) is 0 Å². The van der Waals surface area contributed by atoms with E-state index in [-0.39, 0.29) is 11.9 Å². The lowest BCUT2D eigenvalue weighted by molar-refractivity contribution is 0.149. The Kier molecular flexibility index (Phi) is 6.12. The van der Waals surface area contributed by atoms with Crippen LogP contribution in [-0.2, 0) is 0 Å². The minimum Gasteiger partial charge on any atom is -0.308 e. The van der Waals surface area contributed by atoms with Crippen molar-refractivity contribution >= 4 is 0 Å². The third-order valence-corrected chi connectivity index (χ3v) is 4.21. The fourth-order valence-corrected chi connectivity index (χ4v) is 2.91. The molecule has 0 unspecified atom stereocenters. The van der Waals surface area contributed by atoms with Crippen molar-refractivity contribution in [3.63, 3.8) is 0 Å². The second-order valence-corrected chi connectivity index (χ2v) is 6.24. The lowest BCUT2D eigenvalue weighted by Crippen LogP contribution is -2.40. The molecule has 21 heavy (non-hydrogen) atoms. The first-order chi connectivity index (χ1) is 10.1. The number of rotatable bonds is 6. The molecule has 1 heterocycles. The van der Waals surface area contributed by atoms with Gasteiger partial charge in [-0.2, -0.15) is 0 Å². The smallest absolute Gasteiger partial charge is 0.123 e. The summed E-state index contributed by atoms with van der Waals surface area (Å²) < 4.78 is 26.1. The van der Waals surface area contributed by atoms with E-state index < -0.39 is 6.17 Å². The third-order valence-electron chi connectivity index (χ3n) is 4.21.